The molecule has 0 saturated carbocycles. The lowest BCUT2D eigenvalue weighted by atomic mass is 9.94. The maximum absolute atomic E-state index is 14.3. The lowest BCUT2D eigenvalue weighted by Crippen LogP contribution is -2.44. The van der Waals surface area contributed by atoms with Gasteiger partial charge in [0.05, 0.1) is 12.1 Å². The van der Waals surface area contributed by atoms with Crippen LogP contribution >= 0.6 is 0 Å². The Hall–Kier alpha value is -1.96. The number of carbonyl (C=O) groups excluding carboxylic acids is 2. The Morgan fingerprint density at radius 3 is 3.00 bits per heavy atom. The number of carbonyl (C=O) groups is 2. The van der Waals surface area contributed by atoms with Gasteiger partial charge >= 0.3 is 0 Å². The fourth-order valence-electron chi connectivity index (χ4n) is 2.96. The van der Waals surface area contributed by atoms with Gasteiger partial charge in [0.2, 0.25) is 11.8 Å². The molecule has 1 fully saturated rings. The van der Waals surface area contributed by atoms with Crippen LogP contribution in [0.4, 0.5) is 4.39 Å². The van der Waals surface area contributed by atoms with E-state index in [2.05, 4.69) is 4.98 Å². The predicted octanol–water partition coefficient (Wildman–Crippen LogP) is 1.99. The molecule has 8 heteroatoms. The van der Waals surface area contributed by atoms with Gasteiger partial charge in [-0.15, -0.1) is 0 Å². The predicted molar refractivity (Wildman–Crippen MR) is 78.0 cm³/mol. The number of nitrogens with one attached hydrogen (secondary N) is 1. The SMILES string of the molecule is CCCC[C@@H](C(=O)N1CCC[C@H]1c1ncco1)[C@@H](F)C(=O)NO. The van der Waals surface area contributed by atoms with E-state index in [9.17, 15) is 14.0 Å². The Balaban J connectivity index is 2.16. The molecule has 7 nitrogen and oxygen atoms in total. The molecular weight excluding hydrogens is 305 g/mol. The Kier molecular flexibility index (Phi) is 6.09. The zero-order valence-electron chi connectivity index (χ0n) is 13.1. The van der Waals surface area contributed by atoms with E-state index in [1.54, 1.807) is 0 Å². The van der Waals surface area contributed by atoms with Crippen molar-refractivity contribution in [1.82, 2.24) is 15.4 Å². The highest BCUT2D eigenvalue weighted by atomic mass is 19.1. The molecular formula is C15H22FN3O4. The van der Waals surface area contributed by atoms with E-state index in [1.807, 2.05) is 6.92 Å². The second-order valence-electron chi connectivity index (χ2n) is 5.69. The Bertz CT molecular complexity index is 523. The number of hydrogen-bond acceptors (Lipinski definition) is 5. The van der Waals surface area contributed by atoms with Crippen molar-refractivity contribution in [2.45, 2.75) is 51.2 Å². The van der Waals surface area contributed by atoms with E-state index in [4.69, 9.17) is 9.62 Å². The zero-order chi connectivity index (χ0) is 16.8. The first-order valence-electron chi connectivity index (χ1n) is 7.88. The summed E-state index contributed by atoms with van der Waals surface area (Å²) in [5.74, 6) is -2.31. The fourth-order valence-corrected chi connectivity index (χ4v) is 2.96. The largest absolute Gasteiger partial charge is 0.447 e. The summed E-state index contributed by atoms with van der Waals surface area (Å²) in [6.07, 6.45) is 3.96. The quantitative estimate of drug-likeness (QED) is 0.590. The lowest BCUT2D eigenvalue weighted by Gasteiger charge is -2.28. The van der Waals surface area contributed by atoms with Crippen molar-refractivity contribution < 1.29 is 23.6 Å². The molecule has 1 aliphatic heterocycles. The van der Waals surface area contributed by atoms with E-state index in [0.717, 1.165) is 12.8 Å². The first-order valence-corrected chi connectivity index (χ1v) is 7.88. The molecule has 128 valence electrons. The highest BCUT2D eigenvalue weighted by molar-refractivity contribution is 5.89. The van der Waals surface area contributed by atoms with Crippen LogP contribution in [0.15, 0.2) is 16.9 Å². The standard InChI is InChI=1S/C15H22FN3O4/c1-2-3-5-10(12(16)13(20)18-22)15(21)19-8-4-6-11(19)14-17-7-9-23-14/h7,9-12,22H,2-6,8H2,1H3,(H,18,20)/t10-,11+,12-/m1/s1. The average molecular weight is 327 g/mol. The van der Waals surface area contributed by atoms with Crippen molar-refractivity contribution in [2.24, 2.45) is 5.92 Å². The number of rotatable bonds is 7. The number of unbranched alkanes of at least 4 members (excludes halogenated alkanes) is 1. The molecule has 0 unspecified atom stereocenters. The smallest absolute Gasteiger partial charge is 0.278 e. The third-order valence-corrected chi connectivity index (χ3v) is 4.17. The highest BCUT2D eigenvalue weighted by Gasteiger charge is 2.41. The van der Waals surface area contributed by atoms with Crippen LogP contribution in [0, 0.1) is 5.92 Å². The summed E-state index contributed by atoms with van der Waals surface area (Å²) in [5, 5.41) is 8.64. The molecule has 0 aromatic carbocycles. The molecule has 2 rings (SSSR count). The van der Waals surface area contributed by atoms with Crippen molar-refractivity contribution in [1.29, 1.82) is 0 Å². The molecule has 1 saturated heterocycles. The first kappa shape index (κ1) is 17.4. The topological polar surface area (TPSA) is 95.7 Å². The fraction of sp³-hybridized carbons (Fsp3) is 0.667. The second kappa shape index (κ2) is 8.05. The third-order valence-electron chi connectivity index (χ3n) is 4.17. The molecule has 2 amide bonds. The zero-order valence-corrected chi connectivity index (χ0v) is 13.1. The lowest BCUT2D eigenvalue weighted by molar-refractivity contribution is -0.147. The summed E-state index contributed by atoms with van der Waals surface area (Å²) < 4.78 is 19.6. The minimum atomic E-state index is -2.08. The molecule has 0 aliphatic carbocycles. The Morgan fingerprint density at radius 2 is 2.39 bits per heavy atom. The van der Waals surface area contributed by atoms with E-state index >= 15 is 0 Å². The number of halogens is 1. The van der Waals surface area contributed by atoms with Crippen molar-refractivity contribution >= 4 is 11.8 Å². The van der Waals surface area contributed by atoms with Crippen molar-refractivity contribution in [3.8, 4) is 0 Å². The molecule has 0 spiro atoms. The van der Waals surface area contributed by atoms with Crippen molar-refractivity contribution in [3.05, 3.63) is 18.4 Å². The molecule has 1 aromatic heterocycles. The van der Waals surface area contributed by atoms with Gasteiger partial charge in [-0.1, -0.05) is 19.8 Å². The van der Waals surface area contributed by atoms with Gasteiger partial charge in [0.25, 0.3) is 5.91 Å². The average Bonchev–Trinajstić information content (AvgIpc) is 3.24. The normalized spacial score (nSPS) is 20.3. The number of alkyl halides is 1. The molecule has 0 bridgehead atoms. The molecule has 2 N–H and O–H groups in total. The second-order valence-corrected chi connectivity index (χ2v) is 5.69. The van der Waals surface area contributed by atoms with E-state index in [-0.39, 0.29) is 12.5 Å². The van der Waals surface area contributed by atoms with Gasteiger partial charge in [-0.3, -0.25) is 14.8 Å². The number of likely N-dealkylation sites (tertiary alicyclic amines) is 1. The highest BCUT2D eigenvalue weighted by Crippen LogP contribution is 2.33. The molecule has 2 heterocycles. The molecule has 1 aromatic rings. The minimum absolute atomic E-state index is 0.249. The Morgan fingerprint density at radius 1 is 1.61 bits per heavy atom. The minimum Gasteiger partial charge on any atom is -0.447 e. The van der Waals surface area contributed by atoms with Crippen LogP contribution in [-0.2, 0) is 9.59 Å². The van der Waals surface area contributed by atoms with Gasteiger partial charge in [0.15, 0.2) is 6.17 Å². The molecule has 0 radical (unpaired) electrons. The van der Waals surface area contributed by atoms with Crippen LogP contribution in [0.2, 0.25) is 0 Å². The molecule has 23 heavy (non-hydrogen) atoms. The third kappa shape index (κ3) is 3.87. The van der Waals surface area contributed by atoms with Crippen LogP contribution in [0.25, 0.3) is 0 Å². The monoisotopic (exact) mass is 327 g/mol. The summed E-state index contributed by atoms with van der Waals surface area (Å²) in [4.78, 5) is 29.8. The van der Waals surface area contributed by atoms with Crippen LogP contribution < -0.4 is 5.48 Å². The van der Waals surface area contributed by atoms with Gasteiger partial charge in [-0.25, -0.2) is 14.9 Å². The van der Waals surface area contributed by atoms with Gasteiger partial charge in [0, 0.05) is 6.54 Å². The molecule has 1 aliphatic rings. The van der Waals surface area contributed by atoms with E-state index in [1.165, 1.54) is 22.8 Å². The number of aromatic nitrogens is 1. The van der Waals surface area contributed by atoms with Crippen LogP contribution in [0.5, 0.6) is 0 Å². The number of oxazole rings is 1. The summed E-state index contributed by atoms with van der Waals surface area (Å²) in [6.45, 7) is 2.40. The first-order chi connectivity index (χ1) is 11.1. The van der Waals surface area contributed by atoms with E-state index < -0.39 is 23.9 Å². The van der Waals surface area contributed by atoms with Crippen molar-refractivity contribution in [2.75, 3.05) is 6.54 Å². The number of hydrogen-bond donors (Lipinski definition) is 2. The van der Waals surface area contributed by atoms with Gasteiger partial charge in [-0.2, -0.15) is 0 Å². The summed E-state index contributed by atoms with van der Waals surface area (Å²) >= 11 is 0. The van der Waals surface area contributed by atoms with Crippen LogP contribution in [0.3, 0.4) is 0 Å². The Labute approximate surface area is 133 Å². The summed E-state index contributed by atoms with van der Waals surface area (Å²) in [7, 11) is 0. The maximum Gasteiger partial charge on any atom is 0.278 e. The number of hydroxylamine groups is 1. The maximum atomic E-state index is 14.3. The summed E-state index contributed by atoms with van der Waals surface area (Å²) in [6, 6.07) is -0.328. The summed E-state index contributed by atoms with van der Waals surface area (Å²) in [5.41, 5.74) is 1.29. The van der Waals surface area contributed by atoms with Crippen LogP contribution in [-0.4, -0.2) is 39.6 Å². The molecule has 3 atom stereocenters. The van der Waals surface area contributed by atoms with Crippen LogP contribution in [0.1, 0.15) is 51.0 Å². The van der Waals surface area contributed by atoms with Gasteiger partial charge in [-0.05, 0) is 19.3 Å². The number of amides is 2. The van der Waals surface area contributed by atoms with E-state index in [0.29, 0.717) is 25.3 Å². The van der Waals surface area contributed by atoms with Crippen molar-refractivity contribution in [3.63, 3.8) is 0 Å². The van der Waals surface area contributed by atoms with Gasteiger partial charge in [0.1, 0.15) is 12.3 Å². The van der Waals surface area contributed by atoms with Gasteiger partial charge < -0.3 is 9.32 Å². The number of nitrogens with zero attached hydrogens (tertiary/aromatic N) is 2.